The second-order valence-electron chi connectivity index (χ2n) is 4.72. The van der Waals surface area contributed by atoms with Crippen LogP contribution in [0.15, 0.2) is 0 Å². The summed E-state index contributed by atoms with van der Waals surface area (Å²) in [6, 6.07) is 0. The van der Waals surface area contributed by atoms with Crippen LogP contribution in [0.1, 0.15) is 26.7 Å². The van der Waals surface area contributed by atoms with Gasteiger partial charge in [-0.2, -0.15) is 0 Å². The van der Waals surface area contributed by atoms with Gasteiger partial charge in [-0.1, -0.05) is 13.8 Å². The first-order chi connectivity index (χ1) is 6.35. The molecule has 1 N–H and O–H groups in total. The zero-order valence-electron chi connectivity index (χ0n) is 8.16. The molecular formula is C10H12O4. The van der Waals surface area contributed by atoms with E-state index < -0.39 is 28.4 Å². The summed E-state index contributed by atoms with van der Waals surface area (Å²) in [6.07, 6.45) is 0.842. The smallest absolute Gasteiger partial charge is 0.318 e. The molecule has 4 nitrogen and oxygen atoms in total. The second-order valence-corrected chi connectivity index (χ2v) is 4.72. The summed E-state index contributed by atoms with van der Waals surface area (Å²) in [7, 11) is 0. The Morgan fingerprint density at radius 1 is 1.43 bits per heavy atom. The topological polar surface area (TPSA) is 71.4 Å². The van der Waals surface area contributed by atoms with E-state index in [1.165, 1.54) is 0 Å². The van der Waals surface area contributed by atoms with Gasteiger partial charge in [0.1, 0.15) is 5.41 Å². The van der Waals surface area contributed by atoms with E-state index >= 15 is 0 Å². The van der Waals surface area contributed by atoms with Crippen LogP contribution in [0.4, 0.5) is 0 Å². The highest BCUT2D eigenvalue weighted by Gasteiger charge is 2.72. The van der Waals surface area contributed by atoms with Gasteiger partial charge in [0.15, 0.2) is 0 Å². The quantitative estimate of drug-likeness (QED) is 0.493. The number of fused-ring (bicyclic) bond motifs is 2. The van der Waals surface area contributed by atoms with E-state index in [1.54, 1.807) is 13.8 Å². The first kappa shape index (κ1) is 9.37. The summed E-state index contributed by atoms with van der Waals surface area (Å²) in [6.45, 7) is 3.42. The summed E-state index contributed by atoms with van der Waals surface area (Å²) >= 11 is 0. The molecule has 2 bridgehead atoms. The van der Waals surface area contributed by atoms with Crippen LogP contribution < -0.4 is 0 Å². The Balaban J connectivity index is 2.65. The fraction of sp³-hybridized carbons (Fsp3) is 0.700. The van der Waals surface area contributed by atoms with Crippen LogP contribution in [0, 0.1) is 16.7 Å². The molecule has 0 aliphatic heterocycles. The summed E-state index contributed by atoms with van der Waals surface area (Å²) in [4.78, 5) is 34.3. The molecule has 0 aromatic heterocycles. The summed E-state index contributed by atoms with van der Waals surface area (Å²) in [5.41, 5.74) is -2.15. The maximum absolute atomic E-state index is 11.6. The van der Waals surface area contributed by atoms with Crippen LogP contribution in [0.2, 0.25) is 0 Å². The molecule has 0 amide bonds. The monoisotopic (exact) mass is 196 g/mol. The lowest BCUT2D eigenvalue weighted by Gasteiger charge is -2.30. The van der Waals surface area contributed by atoms with Crippen molar-refractivity contribution in [1.29, 1.82) is 0 Å². The van der Waals surface area contributed by atoms with Gasteiger partial charge in [-0.3, -0.25) is 14.4 Å². The van der Waals surface area contributed by atoms with Crippen LogP contribution >= 0.6 is 0 Å². The van der Waals surface area contributed by atoms with Crippen LogP contribution in [0.3, 0.4) is 0 Å². The lowest BCUT2D eigenvalue weighted by atomic mass is 9.69. The highest BCUT2D eigenvalue weighted by Crippen LogP contribution is 2.62. The van der Waals surface area contributed by atoms with E-state index in [1.807, 2.05) is 0 Å². The lowest BCUT2D eigenvalue weighted by Crippen LogP contribution is -2.44. The number of aliphatic carboxylic acids is 1. The third kappa shape index (κ3) is 0.656. The molecule has 2 aliphatic carbocycles. The van der Waals surface area contributed by atoms with Crippen molar-refractivity contribution in [2.75, 3.05) is 0 Å². The van der Waals surface area contributed by atoms with Gasteiger partial charge < -0.3 is 5.11 Å². The number of ketones is 2. The van der Waals surface area contributed by atoms with E-state index in [0.717, 1.165) is 0 Å². The van der Waals surface area contributed by atoms with Crippen molar-refractivity contribution >= 4 is 17.5 Å². The Morgan fingerprint density at radius 3 is 2.29 bits per heavy atom. The van der Waals surface area contributed by atoms with Gasteiger partial charge in [-0.15, -0.1) is 0 Å². The number of carbonyl (C=O) groups is 3. The van der Waals surface area contributed by atoms with Gasteiger partial charge in [-0.25, -0.2) is 0 Å². The van der Waals surface area contributed by atoms with E-state index in [4.69, 9.17) is 5.11 Å². The average Bonchev–Trinajstić information content (AvgIpc) is 2.41. The van der Waals surface area contributed by atoms with Crippen molar-refractivity contribution < 1.29 is 19.5 Å². The summed E-state index contributed by atoms with van der Waals surface area (Å²) in [5, 5.41) is 9.14. The van der Waals surface area contributed by atoms with Crippen LogP contribution in [0.5, 0.6) is 0 Å². The van der Waals surface area contributed by atoms with E-state index in [-0.39, 0.29) is 5.92 Å². The standard InChI is InChI=1S/C10H12O4/c1-9(2)5-3-4-10(9,8(13)14)7(12)6(5)11/h5H,3-4H2,1-2H3,(H,13,14). The molecule has 0 radical (unpaired) electrons. The number of carboxylic acid groups (broad SMARTS) is 1. The van der Waals surface area contributed by atoms with E-state index in [9.17, 15) is 14.4 Å². The molecule has 14 heavy (non-hydrogen) atoms. The van der Waals surface area contributed by atoms with Crippen molar-refractivity contribution in [3.05, 3.63) is 0 Å². The van der Waals surface area contributed by atoms with Crippen molar-refractivity contribution in [3.8, 4) is 0 Å². The van der Waals surface area contributed by atoms with Crippen molar-refractivity contribution in [3.63, 3.8) is 0 Å². The Labute approximate surface area is 81.3 Å². The summed E-state index contributed by atoms with van der Waals surface area (Å²) < 4.78 is 0. The molecule has 2 rings (SSSR count). The first-order valence-corrected chi connectivity index (χ1v) is 4.68. The highest BCUT2D eigenvalue weighted by atomic mass is 16.4. The largest absolute Gasteiger partial charge is 0.480 e. The molecular weight excluding hydrogens is 184 g/mol. The van der Waals surface area contributed by atoms with Crippen LogP contribution in [-0.4, -0.2) is 22.6 Å². The minimum absolute atomic E-state index is 0.310. The summed E-state index contributed by atoms with van der Waals surface area (Å²) in [5.74, 6) is -2.69. The number of carboxylic acids is 1. The first-order valence-electron chi connectivity index (χ1n) is 4.68. The Kier molecular flexibility index (Phi) is 1.50. The molecule has 2 unspecified atom stereocenters. The van der Waals surface area contributed by atoms with Crippen molar-refractivity contribution in [1.82, 2.24) is 0 Å². The molecule has 2 aliphatic rings. The van der Waals surface area contributed by atoms with Gasteiger partial charge >= 0.3 is 5.97 Å². The van der Waals surface area contributed by atoms with Crippen LogP contribution in [-0.2, 0) is 14.4 Å². The number of Topliss-reactive ketones (excluding diaryl/α,β-unsaturated/α-hetero) is 2. The molecule has 2 fully saturated rings. The Bertz CT molecular complexity index is 355. The molecule has 2 atom stereocenters. The number of hydrogen-bond acceptors (Lipinski definition) is 3. The van der Waals surface area contributed by atoms with Gasteiger partial charge in [0.05, 0.1) is 0 Å². The second kappa shape index (κ2) is 2.24. The molecule has 4 heteroatoms. The predicted octanol–water partition coefficient (Wildman–Crippen LogP) is 0.645. The molecule has 0 spiro atoms. The normalized spacial score (nSPS) is 39.1. The van der Waals surface area contributed by atoms with E-state index in [2.05, 4.69) is 0 Å². The van der Waals surface area contributed by atoms with Gasteiger partial charge in [0, 0.05) is 5.92 Å². The minimum Gasteiger partial charge on any atom is -0.480 e. The predicted molar refractivity (Wildman–Crippen MR) is 46.6 cm³/mol. The fourth-order valence-electron chi connectivity index (χ4n) is 3.05. The molecule has 0 aromatic carbocycles. The molecule has 2 saturated carbocycles. The zero-order valence-corrected chi connectivity index (χ0v) is 8.16. The maximum atomic E-state index is 11.6. The lowest BCUT2D eigenvalue weighted by molar-refractivity contribution is -0.160. The third-order valence-electron chi connectivity index (χ3n) is 4.07. The zero-order chi connectivity index (χ0) is 10.7. The van der Waals surface area contributed by atoms with Gasteiger partial charge in [-0.05, 0) is 18.3 Å². The molecule has 0 saturated heterocycles. The van der Waals surface area contributed by atoms with Crippen molar-refractivity contribution in [2.45, 2.75) is 26.7 Å². The van der Waals surface area contributed by atoms with E-state index in [0.29, 0.717) is 12.8 Å². The molecule has 0 heterocycles. The molecule has 0 aromatic rings. The average molecular weight is 196 g/mol. The minimum atomic E-state index is -1.44. The van der Waals surface area contributed by atoms with Gasteiger partial charge in [0.2, 0.25) is 11.6 Å². The highest BCUT2D eigenvalue weighted by molar-refractivity contribution is 6.47. The fourth-order valence-corrected chi connectivity index (χ4v) is 3.05. The number of hydrogen-bond donors (Lipinski definition) is 1. The third-order valence-corrected chi connectivity index (χ3v) is 4.07. The SMILES string of the molecule is CC1(C)C2CCC1(C(=O)O)C(=O)C2=O. The maximum Gasteiger partial charge on any atom is 0.318 e. The number of rotatable bonds is 1. The Morgan fingerprint density at radius 2 is 2.00 bits per heavy atom. The van der Waals surface area contributed by atoms with Gasteiger partial charge in [0.25, 0.3) is 0 Å². The van der Waals surface area contributed by atoms with Crippen LogP contribution in [0.25, 0.3) is 0 Å². The Hall–Kier alpha value is -1.19. The number of carbonyl (C=O) groups excluding carboxylic acids is 2. The van der Waals surface area contributed by atoms with Crippen molar-refractivity contribution in [2.24, 2.45) is 16.7 Å². The molecule has 76 valence electrons.